The van der Waals surface area contributed by atoms with Gasteiger partial charge in [-0.15, -0.1) is 0 Å². The number of fused-ring (bicyclic) bond motifs is 1. The maximum Gasteiger partial charge on any atom is 0.266 e. The van der Waals surface area contributed by atoms with Crippen LogP contribution >= 0.6 is 24.0 Å². The number of anilines is 1. The first-order valence-corrected chi connectivity index (χ1v) is 13.2. The van der Waals surface area contributed by atoms with E-state index in [1.54, 1.807) is 23.1 Å². The molecule has 7 nitrogen and oxygen atoms in total. The van der Waals surface area contributed by atoms with Gasteiger partial charge in [0.2, 0.25) is 6.79 Å². The molecule has 1 N–H and O–H groups in total. The molecule has 0 aromatic heterocycles. The lowest BCUT2D eigenvalue weighted by atomic mass is 10.1. The molecule has 194 valence electrons. The molecule has 2 heterocycles. The maximum atomic E-state index is 13.1. The van der Waals surface area contributed by atoms with Gasteiger partial charge in [-0.2, -0.15) is 0 Å². The summed E-state index contributed by atoms with van der Waals surface area (Å²) < 4.78 is 17.0. The van der Waals surface area contributed by atoms with Crippen LogP contribution in [0, 0.1) is 20.8 Å². The molecule has 0 spiro atoms. The number of hydrogen-bond donors (Lipinski definition) is 1. The summed E-state index contributed by atoms with van der Waals surface area (Å²) in [6.07, 6.45) is 1.78. The van der Waals surface area contributed by atoms with E-state index in [0.29, 0.717) is 33.0 Å². The van der Waals surface area contributed by atoms with Crippen molar-refractivity contribution in [1.82, 2.24) is 4.90 Å². The topological polar surface area (TPSA) is 77.1 Å². The van der Waals surface area contributed by atoms with E-state index in [-0.39, 0.29) is 25.2 Å². The van der Waals surface area contributed by atoms with Gasteiger partial charge < -0.3 is 19.5 Å². The molecule has 3 aromatic carbocycles. The molecule has 3 aromatic rings. The molecule has 2 aliphatic heterocycles. The second-order valence-corrected chi connectivity index (χ2v) is 10.8. The molecule has 0 unspecified atom stereocenters. The van der Waals surface area contributed by atoms with Crippen molar-refractivity contribution in [3.63, 3.8) is 0 Å². The molecule has 2 amide bonds. The van der Waals surface area contributed by atoms with Crippen molar-refractivity contribution < 1.29 is 23.8 Å². The third-order valence-electron chi connectivity index (χ3n) is 6.12. The Hall–Kier alpha value is -3.82. The highest BCUT2D eigenvalue weighted by Crippen LogP contribution is 2.36. The van der Waals surface area contributed by atoms with Crippen molar-refractivity contribution in [2.24, 2.45) is 0 Å². The molecule has 5 rings (SSSR count). The highest BCUT2D eigenvalue weighted by molar-refractivity contribution is 8.26. The summed E-state index contributed by atoms with van der Waals surface area (Å²) in [5, 5.41) is 2.94. The second-order valence-electron chi connectivity index (χ2n) is 9.14. The number of thioether (sulfide) groups is 1. The molecule has 1 saturated heterocycles. The number of rotatable bonds is 7. The van der Waals surface area contributed by atoms with Crippen molar-refractivity contribution >= 4 is 51.9 Å². The van der Waals surface area contributed by atoms with Crippen LogP contribution < -0.4 is 19.5 Å². The van der Waals surface area contributed by atoms with Crippen LogP contribution in [0.25, 0.3) is 6.08 Å². The lowest BCUT2D eigenvalue weighted by molar-refractivity contribution is -0.122. The minimum atomic E-state index is -0.241. The SMILES string of the molecule is Cc1cc(C)c(NC(=O)COc2cccc(/C=C3\SC(=S)N(Cc4ccc5c(c4)OCO5)C3=O)c2)c(C)c1. The quantitative estimate of drug-likeness (QED) is 0.298. The number of nitrogens with zero attached hydrogens (tertiary/aromatic N) is 1. The van der Waals surface area contributed by atoms with Crippen LogP contribution in [-0.2, 0) is 16.1 Å². The van der Waals surface area contributed by atoms with E-state index in [4.69, 9.17) is 26.4 Å². The summed E-state index contributed by atoms with van der Waals surface area (Å²) in [6.45, 7) is 6.38. The molecule has 1 fully saturated rings. The van der Waals surface area contributed by atoms with Gasteiger partial charge in [0, 0.05) is 5.69 Å². The van der Waals surface area contributed by atoms with E-state index in [9.17, 15) is 9.59 Å². The Balaban J connectivity index is 1.22. The first-order chi connectivity index (χ1) is 18.3. The lowest BCUT2D eigenvalue weighted by Gasteiger charge is -2.14. The zero-order valence-corrected chi connectivity index (χ0v) is 22.8. The van der Waals surface area contributed by atoms with Gasteiger partial charge in [0.15, 0.2) is 18.1 Å². The second kappa shape index (κ2) is 10.9. The summed E-state index contributed by atoms with van der Waals surface area (Å²) in [5.41, 5.74) is 5.65. The van der Waals surface area contributed by atoms with Gasteiger partial charge in [-0.05, 0) is 73.4 Å². The van der Waals surface area contributed by atoms with Gasteiger partial charge in [-0.25, -0.2) is 0 Å². The van der Waals surface area contributed by atoms with E-state index in [1.165, 1.54) is 11.8 Å². The molecule has 9 heteroatoms. The number of carbonyl (C=O) groups excluding carboxylic acids is 2. The number of amides is 2. The van der Waals surface area contributed by atoms with Crippen LogP contribution in [0.5, 0.6) is 17.2 Å². The van der Waals surface area contributed by atoms with Gasteiger partial charge in [0.05, 0.1) is 11.4 Å². The molecule has 38 heavy (non-hydrogen) atoms. The first kappa shape index (κ1) is 25.8. The third kappa shape index (κ3) is 5.69. The average Bonchev–Trinajstić information content (AvgIpc) is 3.45. The normalized spacial score (nSPS) is 15.3. The number of ether oxygens (including phenoxy) is 3. The summed E-state index contributed by atoms with van der Waals surface area (Å²) in [6, 6.07) is 16.9. The summed E-state index contributed by atoms with van der Waals surface area (Å²) in [5.74, 6) is 1.49. The average molecular weight is 547 g/mol. The molecule has 0 atom stereocenters. The fourth-order valence-corrected chi connectivity index (χ4v) is 5.66. The van der Waals surface area contributed by atoms with E-state index in [1.807, 2.05) is 63.2 Å². The molecular weight excluding hydrogens is 520 g/mol. The Morgan fingerprint density at radius 2 is 1.84 bits per heavy atom. The van der Waals surface area contributed by atoms with E-state index < -0.39 is 0 Å². The predicted octanol–water partition coefficient (Wildman–Crippen LogP) is 5.76. The molecule has 0 bridgehead atoms. The number of aryl methyl sites for hydroxylation is 3. The van der Waals surface area contributed by atoms with Crippen LogP contribution in [0.1, 0.15) is 27.8 Å². The highest BCUT2D eigenvalue weighted by atomic mass is 32.2. The van der Waals surface area contributed by atoms with Crippen LogP contribution in [0.2, 0.25) is 0 Å². The molecule has 0 saturated carbocycles. The first-order valence-electron chi connectivity index (χ1n) is 12.0. The predicted molar refractivity (Wildman–Crippen MR) is 153 cm³/mol. The van der Waals surface area contributed by atoms with Crippen LogP contribution in [0.4, 0.5) is 5.69 Å². The Morgan fingerprint density at radius 1 is 1.08 bits per heavy atom. The largest absolute Gasteiger partial charge is 0.484 e. The van der Waals surface area contributed by atoms with Gasteiger partial charge in [0.25, 0.3) is 11.8 Å². The van der Waals surface area contributed by atoms with E-state index >= 15 is 0 Å². The smallest absolute Gasteiger partial charge is 0.266 e. The fourth-order valence-electron chi connectivity index (χ4n) is 4.41. The van der Waals surface area contributed by atoms with Crippen LogP contribution in [-0.4, -0.2) is 34.4 Å². The molecule has 0 aliphatic carbocycles. The summed E-state index contributed by atoms with van der Waals surface area (Å²) in [7, 11) is 0. The molecule has 2 aliphatic rings. The third-order valence-corrected chi connectivity index (χ3v) is 7.50. The van der Waals surface area contributed by atoms with Gasteiger partial charge in [-0.3, -0.25) is 14.5 Å². The number of thiocarbonyl (C=S) groups is 1. The van der Waals surface area contributed by atoms with Crippen LogP contribution in [0.15, 0.2) is 59.5 Å². The molecule has 0 radical (unpaired) electrons. The Bertz CT molecular complexity index is 1460. The highest BCUT2D eigenvalue weighted by Gasteiger charge is 2.32. The number of nitrogens with one attached hydrogen (secondary N) is 1. The zero-order chi connectivity index (χ0) is 26.8. The number of hydrogen-bond acceptors (Lipinski definition) is 7. The van der Waals surface area contributed by atoms with Gasteiger partial charge in [-0.1, -0.05) is 59.9 Å². The standard InChI is InChI=1S/C29H26N2O5S2/c1-17-9-18(2)27(19(3)10-17)30-26(32)15-34-22-6-4-5-20(11-22)13-25-28(33)31(29(37)38-25)14-21-7-8-23-24(12-21)36-16-35-23/h4-13H,14-16H2,1-3H3,(H,30,32)/b25-13-. The minimum absolute atomic E-state index is 0.131. The summed E-state index contributed by atoms with van der Waals surface area (Å²) in [4.78, 5) is 27.7. The van der Waals surface area contributed by atoms with Crippen molar-refractivity contribution in [2.45, 2.75) is 27.3 Å². The fraction of sp³-hybridized carbons (Fsp3) is 0.207. The number of benzene rings is 3. The maximum absolute atomic E-state index is 13.1. The van der Waals surface area contributed by atoms with Crippen molar-refractivity contribution in [3.05, 3.63) is 87.3 Å². The van der Waals surface area contributed by atoms with Crippen LogP contribution in [0.3, 0.4) is 0 Å². The van der Waals surface area contributed by atoms with E-state index in [0.717, 1.165) is 33.5 Å². The van der Waals surface area contributed by atoms with Crippen molar-refractivity contribution in [3.8, 4) is 17.2 Å². The summed E-state index contributed by atoms with van der Waals surface area (Å²) >= 11 is 6.74. The molecular formula is C29H26N2O5S2. The minimum Gasteiger partial charge on any atom is -0.484 e. The van der Waals surface area contributed by atoms with E-state index in [2.05, 4.69) is 5.32 Å². The van der Waals surface area contributed by atoms with Crippen molar-refractivity contribution in [1.29, 1.82) is 0 Å². The zero-order valence-electron chi connectivity index (χ0n) is 21.2. The van der Waals surface area contributed by atoms with Gasteiger partial charge >= 0.3 is 0 Å². The lowest BCUT2D eigenvalue weighted by Crippen LogP contribution is -2.27. The Morgan fingerprint density at radius 3 is 2.63 bits per heavy atom. The monoisotopic (exact) mass is 546 g/mol. The van der Waals surface area contributed by atoms with Gasteiger partial charge in [0.1, 0.15) is 10.1 Å². The Kier molecular flexibility index (Phi) is 7.40. The number of carbonyl (C=O) groups is 2. The van der Waals surface area contributed by atoms with Crippen molar-refractivity contribution in [2.75, 3.05) is 18.7 Å². The Labute approximate surface area is 230 Å².